The number of fused-ring (bicyclic) bond motifs is 1. The molecular formula is C28H42N2O3. The normalized spacial score (nSPS) is 11.5. The van der Waals surface area contributed by atoms with Gasteiger partial charge < -0.3 is 19.4 Å². The van der Waals surface area contributed by atoms with Gasteiger partial charge in [-0.25, -0.2) is 0 Å². The highest BCUT2D eigenvalue weighted by Crippen LogP contribution is 2.34. The van der Waals surface area contributed by atoms with Crippen LogP contribution in [0.4, 0.5) is 5.69 Å². The molecule has 0 unspecified atom stereocenters. The molecule has 2 aromatic rings. The number of nitrogens with one attached hydrogen (secondary N) is 1. The van der Waals surface area contributed by atoms with Crippen LogP contribution in [-0.4, -0.2) is 24.3 Å². The monoisotopic (exact) mass is 454 g/mol. The molecule has 1 heterocycles. The number of allylic oxidation sites excluding steroid dienone is 3. The topological polar surface area (TPSA) is 52.5 Å². The standard InChI is InChI=1S/C28H42N2O3/c1-7-9-17-29-23-14-15-24-25(20-23)30(6)28(31)27(32-18-10-8-2)26(24)33-19-16-22(5)13-11-12-21(3)4/h12,14-16,20,29H,7-11,13,17-19H2,1-6H3. The highest BCUT2D eigenvalue weighted by Gasteiger charge is 2.18. The fraction of sp³-hybridized carbons (Fsp3) is 0.536. The maximum atomic E-state index is 13.2. The van der Waals surface area contributed by atoms with E-state index in [0.29, 0.717) is 24.7 Å². The third kappa shape index (κ3) is 7.99. The summed E-state index contributed by atoms with van der Waals surface area (Å²) < 4.78 is 13.8. The van der Waals surface area contributed by atoms with Gasteiger partial charge in [-0.3, -0.25) is 4.79 Å². The van der Waals surface area contributed by atoms with Gasteiger partial charge in [0, 0.05) is 24.7 Å². The van der Waals surface area contributed by atoms with Crippen molar-refractivity contribution in [3.63, 3.8) is 0 Å². The molecule has 1 N–H and O–H groups in total. The van der Waals surface area contributed by atoms with E-state index in [-0.39, 0.29) is 5.56 Å². The second-order valence-corrected chi connectivity index (χ2v) is 8.92. The molecule has 0 atom stereocenters. The first-order chi connectivity index (χ1) is 15.9. The van der Waals surface area contributed by atoms with Crippen molar-refractivity contribution < 1.29 is 9.47 Å². The van der Waals surface area contributed by atoms with Gasteiger partial charge in [0.2, 0.25) is 5.75 Å². The van der Waals surface area contributed by atoms with Gasteiger partial charge in [0.25, 0.3) is 5.56 Å². The Morgan fingerprint density at radius 1 is 1.03 bits per heavy atom. The van der Waals surface area contributed by atoms with Crippen molar-refractivity contribution >= 4 is 16.6 Å². The van der Waals surface area contributed by atoms with Gasteiger partial charge in [0.1, 0.15) is 6.61 Å². The summed E-state index contributed by atoms with van der Waals surface area (Å²) in [5.41, 5.74) is 4.29. The largest absolute Gasteiger partial charge is 0.485 e. The van der Waals surface area contributed by atoms with Crippen molar-refractivity contribution in [2.75, 3.05) is 25.1 Å². The summed E-state index contributed by atoms with van der Waals surface area (Å²) in [6, 6.07) is 6.09. The van der Waals surface area contributed by atoms with Crippen molar-refractivity contribution in [1.82, 2.24) is 4.57 Å². The van der Waals surface area contributed by atoms with Gasteiger partial charge >= 0.3 is 0 Å². The lowest BCUT2D eigenvalue weighted by atomic mass is 10.1. The highest BCUT2D eigenvalue weighted by molar-refractivity contribution is 5.90. The second-order valence-electron chi connectivity index (χ2n) is 8.92. The first-order valence-corrected chi connectivity index (χ1v) is 12.3. The molecule has 0 fully saturated rings. The van der Waals surface area contributed by atoms with Crippen molar-refractivity contribution in [3.05, 3.63) is 51.9 Å². The predicted molar refractivity (Wildman–Crippen MR) is 141 cm³/mol. The van der Waals surface area contributed by atoms with Gasteiger partial charge in [0.15, 0.2) is 5.75 Å². The van der Waals surface area contributed by atoms with E-state index in [1.54, 1.807) is 11.6 Å². The van der Waals surface area contributed by atoms with E-state index in [4.69, 9.17) is 9.47 Å². The Morgan fingerprint density at radius 2 is 1.79 bits per heavy atom. The molecule has 0 radical (unpaired) electrons. The molecule has 5 nitrogen and oxygen atoms in total. The summed E-state index contributed by atoms with van der Waals surface area (Å²) in [7, 11) is 1.80. The number of anilines is 1. The maximum absolute atomic E-state index is 13.2. The average Bonchev–Trinajstić information content (AvgIpc) is 2.78. The maximum Gasteiger partial charge on any atom is 0.297 e. The van der Waals surface area contributed by atoms with Crippen LogP contribution in [0.25, 0.3) is 10.9 Å². The molecule has 0 bridgehead atoms. The first-order valence-electron chi connectivity index (χ1n) is 12.3. The minimum absolute atomic E-state index is 0.163. The predicted octanol–water partition coefficient (Wildman–Crippen LogP) is 7.00. The molecule has 1 aromatic heterocycles. The van der Waals surface area contributed by atoms with Crippen LogP contribution in [0, 0.1) is 0 Å². The Labute approximate surface area is 199 Å². The Morgan fingerprint density at radius 3 is 2.48 bits per heavy atom. The summed E-state index contributed by atoms with van der Waals surface area (Å²) in [6.45, 7) is 12.5. The van der Waals surface area contributed by atoms with Gasteiger partial charge in [0.05, 0.1) is 12.1 Å². The second kappa shape index (κ2) is 13.8. The zero-order chi connectivity index (χ0) is 24.2. The molecule has 0 saturated heterocycles. The molecule has 182 valence electrons. The Bertz CT molecular complexity index is 1010. The van der Waals surface area contributed by atoms with Crippen LogP contribution in [-0.2, 0) is 7.05 Å². The number of rotatable bonds is 14. The Hall–Kier alpha value is -2.69. The number of hydrogen-bond acceptors (Lipinski definition) is 4. The van der Waals surface area contributed by atoms with Gasteiger partial charge in [-0.05, 0) is 70.7 Å². The van der Waals surface area contributed by atoms with Crippen molar-refractivity contribution in [2.24, 2.45) is 7.05 Å². The van der Waals surface area contributed by atoms with Crippen LogP contribution >= 0.6 is 0 Å². The number of nitrogens with zero attached hydrogens (tertiary/aromatic N) is 1. The molecule has 1 aromatic carbocycles. The molecule has 0 amide bonds. The van der Waals surface area contributed by atoms with Crippen molar-refractivity contribution in [1.29, 1.82) is 0 Å². The smallest absolute Gasteiger partial charge is 0.297 e. The van der Waals surface area contributed by atoms with Crippen LogP contribution in [0.3, 0.4) is 0 Å². The van der Waals surface area contributed by atoms with Crippen LogP contribution in [0.2, 0.25) is 0 Å². The number of pyridine rings is 1. The molecule has 0 aliphatic carbocycles. The van der Waals surface area contributed by atoms with Crippen molar-refractivity contribution in [3.8, 4) is 11.5 Å². The summed E-state index contributed by atoms with van der Waals surface area (Å²) >= 11 is 0. The fourth-order valence-corrected chi connectivity index (χ4v) is 3.55. The lowest BCUT2D eigenvalue weighted by molar-refractivity contribution is 0.275. The van der Waals surface area contributed by atoms with Crippen LogP contribution in [0.5, 0.6) is 11.5 Å². The molecular weight excluding hydrogens is 412 g/mol. The number of unbranched alkanes of at least 4 members (excludes halogenated alkanes) is 2. The highest BCUT2D eigenvalue weighted by atomic mass is 16.5. The average molecular weight is 455 g/mol. The summed E-state index contributed by atoms with van der Waals surface area (Å²) in [5.74, 6) is 0.846. The molecule has 0 spiro atoms. The molecule has 5 heteroatoms. The van der Waals surface area contributed by atoms with Crippen LogP contribution in [0.1, 0.15) is 73.1 Å². The third-order valence-electron chi connectivity index (χ3n) is 5.66. The third-order valence-corrected chi connectivity index (χ3v) is 5.66. The molecule has 33 heavy (non-hydrogen) atoms. The van der Waals surface area contributed by atoms with Gasteiger partial charge in [-0.15, -0.1) is 0 Å². The summed E-state index contributed by atoms with van der Waals surface area (Å²) in [5, 5.41) is 4.33. The van der Waals surface area contributed by atoms with E-state index in [1.807, 2.05) is 18.2 Å². The minimum Gasteiger partial charge on any atom is -0.485 e. The molecule has 0 saturated carbocycles. The Kier molecular flexibility index (Phi) is 11.1. The minimum atomic E-state index is -0.163. The zero-order valence-corrected chi connectivity index (χ0v) is 21.4. The lowest BCUT2D eigenvalue weighted by Crippen LogP contribution is -2.21. The zero-order valence-electron chi connectivity index (χ0n) is 21.4. The number of benzene rings is 1. The summed E-state index contributed by atoms with van der Waals surface area (Å²) in [4.78, 5) is 13.2. The quantitative estimate of drug-likeness (QED) is 0.247. The molecule has 0 aliphatic rings. The number of aromatic nitrogens is 1. The Balaban J connectivity index is 2.36. The number of aryl methyl sites for hydroxylation is 1. The fourth-order valence-electron chi connectivity index (χ4n) is 3.55. The molecule has 0 aliphatic heterocycles. The first kappa shape index (κ1) is 26.6. The van der Waals surface area contributed by atoms with E-state index < -0.39 is 0 Å². The summed E-state index contributed by atoms with van der Waals surface area (Å²) in [6.07, 6.45) is 10.5. The van der Waals surface area contributed by atoms with Crippen molar-refractivity contribution in [2.45, 2.75) is 73.1 Å². The molecule has 2 rings (SSSR count). The van der Waals surface area contributed by atoms with Gasteiger partial charge in [-0.2, -0.15) is 0 Å². The van der Waals surface area contributed by atoms with E-state index in [1.165, 1.54) is 11.1 Å². The lowest BCUT2D eigenvalue weighted by Gasteiger charge is -2.17. The van der Waals surface area contributed by atoms with E-state index >= 15 is 0 Å². The SMILES string of the molecule is CCCCNc1ccc2c(OCC=C(C)CCC=C(C)C)c(OCCCC)c(=O)n(C)c2c1. The number of hydrogen-bond donors (Lipinski definition) is 1. The van der Waals surface area contributed by atoms with Crippen LogP contribution in [0.15, 0.2) is 46.3 Å². The number of ether oxygens (including phenoxy) is 2. The van der Waals surface area contributed by atoms with Crippen LogP contribution < -0.4 is 20.3 Å². The van der Waals surface area contributed by atoms with Gasteiger partial charge in [-0.1, -0.05) is 43.9 Å². The van der Waals surface area contributed by atoms with E-state index in [0.717, 1.165) is 61.7 Å². The van der Waals surface area contributed by atoms with E-state index in [2.05, 4.69) is 52.1 Å². The van der Waals surface area contributed by atoms with E-state index in [9.17, 15) is 4.79 Å².